The van der Waals surface area contributed by atoms with Gasteiger partial charge in [0.05, 0.1) is 5.92 Å². The zero-order valence-corrected chi connectivity index (χ0v) is 12.3. The molecule has 0 bridgehead atoms. The molecule has 0 heterocycles. The number of rotatable bonds is 6. The molecule has 1 saturated carbocycles. The van der Waals surface area contributed by atoms with E-state index in [4.69, 9.17) is 5.11 Å². The van der Waals surface area contributed by atoms with E-state index in [9.17, 15) is 14.0 Å². The lowest BCUT2D eigenvalue weighted by molar-refractivity contribution is -0.149. The summed E-state index contributed by atoms with van der Waals surface area (Å²) in [7, 11) is 0. The zero-order valence-electron chi connectivity index (χ0n) is 12.3. The second kappa shape index (κ2) is 6.24. The number of carboxylic acid groups (broad SMARTS) is 1. The van der Waals surface area contributed by atoms with Crippen molar-refractivity contribution in [3.8, 4) is 0 Å². The summed E-state index contributed by atoms with van der Waals surface area (Å²) in [6, 6.07) is 6.24. The summed E-state index contributed by atoms with van der Waals surface area (Å²) in [5.74, 6) is -2.70. The highest BCUT2D eigenvalue weighted by molar-refractivity contribution is 5.84. The van der Waals surface area contributed by atoms with Crippen LogP contribution in [0.15, 0.2) is 24.3 Å². The molecule has 0 radical (unpaired) electrons. The number of carbonyl (C=O) groups is 2. The molecule has 1 aromatic rings. The average Bonchev–Trinajstić information content (AvgIpc) is 3.28. The number of carboxylic acids is 1. The fraction of sp³-hybridized carbons (Fsp3) is 0.500. The molecule has 114 valence electrons. The van der Waals surface area contributed by atoms with Crippen molar-refractivity contribution in [2.24, 2.45) is 11.8 Å². The van der Waals surface area contributed by atoms with E-state index in [1.165, 1.54) is 12.1 Å². The lowest BCUT2D eigenvalue weighted by Gasteiger charge is -2.27. The first-order valence-electron chi connectivity index (χ1n) is 7.18. The number of hydrogen-bond acceptors (Lipinski definition) is 2. The SMILES string of the molecule is CC(C(=O)O)C(C)C(=O)N(Cc1ccc(F)cc1)C1CC1. The zero-order chi connectivity index (χ0) is 15.6. The molecule has 1 aliphatic carbocycles. The van der Waals surface area contributed by atoms with Crippen LogP contribution in [0.3, 0.4) is 0 Å². The lowest BCUT2D eigenvalue weighted by atomic mass is 9.94. The van der Waals surface area contributed by atoms with Crippen LogP contribution in [0.25, 0.3) is 0 Å². The highest BCUT2D eigenvalue weighted by atomic mass is 19.1. The van der Waals surface area contributed by atoms with Gasteiger partial charge < -0.3 is 10.0 Å². The summed E-state index contributed by atoms with van der Waals surface area (Å²) in [5, 5.41) is 9.05. The number of nitrogens with zero attached hydrogens (tertiary/aromatic N) is 1. The van der Waals surface area contributed by atoms with Crippen LogP contribution < -0.4 is 0 Å². The number of carbonyl (C=O) groups excluding carboxylic acids is 1. The number of halogens is 1. The smallest absolute Gasteiger partial charge is 0.307 e. The predicted molar refractivity (Wildman–Crippen MR) is 75.9 cm³/mol. The fourth-order valence-corrected chi connectivity index (χ4v) is 2.25. The van der Waals surface area contributed by atoms with Gasteiger partial charge in [0.15, 0.2) is 0 Å². The average molecular weight is 293 g/mol. The highest BCUT2D eigenvalue weighted by Gasteiger charge is 2.37. The molecule has 0 aromatic heterocycles. The molecule has 5 heteroatoms. The minimum absolute atomic E-state index is 0.142. The van der Waals surface area contributed by atoms with Crippen LogP contribution in [0.5, 0.6) is 0 Å². The summed E-state index contributed by atoms with van der Waals surface area (Å²) in [4.78, 5) is 25.3. The van der Waals surface area contributed by atoms with Gasteiger partial charge in [0, 0.05) is 18.5 Å². The molecule has 2 atom stereocenters. The van der Waals surface area contributed by atoms with Crippen molar-refractivity contribution in [1.29, 1.82) is 0 Å². The molecule has 4 nitrogen and oxygen atoms in total. The van der Waals surface area contributed by atoms with Crippen LogP contribution in [0.1, 0.15) is 32.3 Å². The maximum absolute atomic E-state index is 12.9. The Bertz CT molecular complexity index is 525. The van der Waals surface area contributed by atoms with Crippen LogP contribution in [0.2, 0.25) is 0 Å². The van der Waals surface area contributed by atoms with Gasteiger partial charge in [-0.1, -0.05) is 26.0 Å². The van der Waals surface area contributed by atoms with Gasteiger partial charge in [-0.05, 0) is 30.5 Å². The predicted octanol–water partition coefficient (Wildman–Crippen LogP) is 2.67. The Labute approximate surface area is 123 Å². The lowest BCUT2D eigenvalue weighted by Crippen LogP contribution is -2.40. The molecule has 0 saturated heterocycles. The summed E-state index contributed by atoms with van der Waals surface area (Å²) in [6.45, 7) is 3.61. The largest absolute Gasteiger partial charge is 0.481 e. The molecular weight excluding hydrogens is 273 g/mol. The molecule has 21 heavy (non-hydrogen) atoms. The Morgan fingerprint density at radius 2 is 1.81 bits per heavy atom. The van der Waals surface area contributed by atoms with Crippen molar-refractivity contribution in [2.45, 2.75) is 39.3 Å². The van der Waals surface area contributed by atoms with E-state index in [-0.39, 0.29) is 17.8 Å². The third kappa shape index (κ3) is 3.80. The number of hydrogen-bond donors (Lipinski definition) is 1. The molecule has 1 amide bonds. The van der Waals surface area contributed by atoms with E-state index in [1.54, 1.807) is 30.9 Å². The first kappa shape index (κ1) is 15.5. The van der Waals surface area contributed by atoms with Crippen LogP contribution in [0.4, 0.5) is 4.39 Å². The molecule has 1 N–H and O–H groups in total. The Balaban J connectivity index is 2.10. The van der Waals surface area contributed by atoms with Crippen LogP contribution in [-0.2, 0) is 16.1 Å². The van der Waals surface area contributed by atoms with Crippen molar-refractivity contribution in [1.82, 2.24) is 4.90 Å². The Hall–Kier alpha value is -1.91. The summed E-state index contributed by atoms with van der Waals surface area (Å²) in [5.41, 5.74) is 0.854. The van der Waals surface area contributed by atoms with Gasteiger partial charge in [-0.25, -0.2) is 4.39 Å². The third-order valence-corrected chi connectivity index (χ3v) is 4.07. The molecular formula is C16H20FNO3. The number of amides is 1. The Morgan fingerprint density at radius 1 is 1.24 bits per heavy atom. The van der Waals surface area contributed by atoms with Crippen molar-refractivity contribution in [3.05, 3.63) is 35.6 Å². The van der Waals surface area contributed by atoms with Gasteiger partial charge in [0.2, 0.25) is 5.91 Å². The monoisotopic (exact) mass is 293 g/mol. The molecule has 1 fully saturated rings. The van der Waals surface area contributed by atoms with E-state index in [2.05, 4.69) is 0 Å². The minimum atomic E-state index is -0.964. The maximum atomic E-state index is 12.9. The summed E-state index contributed by atoms with van der Waals surface area (Å²) in [6.07, 6.45) is 1.89. The third-order valence-electron chi connectivity index (χ3n) is 4.07. The number of benzene rings is 1. The van der Waals surface area contributed by atoms with E-state index < -0.39 is 17.8 Å². The molecule has 2 unspecified atom stereocenters. The van der Waals surface area contributed by atoms with E-state index >= 15 is 0 Å². The highest BCUT2D eigenvalue weighted by Crippen LogP contribution is 2.31. The number of aliphatic carboxylic acids is 1. The van der Waals surface area contributed by atoms with Crippen LogP contribution >= 0.6 is 0 Å². The van der Waals surface area contributed by atoms with Gasteiger partial charge >= 0.3 is 5.97 Å². The van der Waals surface area contributed by atoms with E-state index in [1.807, 2.05) is 0 Å². The van der Waals surface area contributed by atoms with Crippen LogP contribution in [0, 0.1) is 17.7 Å². The first-order valence-corrected chi connectivity index (χ1v) is 7.18. The van der Waals surface area contributed by atoms with Crippen molar-refractivity contribution >= 4 is 11.9 Å². The van der Waals surface area contributed by atoms with Gasteiger partial charge in [0.1, 0.15) is 5.82 Å². The van der Waals surface area contributed by atoms with Gasteiger partial charge in [0.25, 0.3) is 0 Å². The quantitative estimate of drug-likeness (QED) is 0.877. The second-order valence-corrected chi connectivity index (χ2v) is 5.74. The Morgan fingerprint density at radius 3 is 2.29 bits per heavy atom. The molecule has 2 rings (SSSR count). The molecule has 1 aromatic carbocycles. The normalized spacial score (nSPS) is 17.1. The topological polar surface area (TPSA) is 57.6 Å². The van der Waals surface area contributed by atoms with Crippen molar-refractivity contribution in [3.63, 3.8) is 0 Å². The minimum Gasteiger partial charge on any atom is -0.481 e. The van der Waals surface area contributed by atoms with Crippen LogP contribution in [-0.4, -0.2) is 27.9 Å². The Kier molecular flexibility index (Phi) is 4.60. The van der Waals surface area contributed by atoms with Crippen molar-refractivity contribution in [2.75, 3.05) is 0 Å². The molecule has 0 spiro atoms. The molecule has 0 aliphatic heterocycles. The second-order valence-electron chi connectivity index (χ2n) is 5.74. The van der Waals surface area contributed by atoms with Gasteiger partial charge in [-0.15, -0.1) is 0 Å². The van der Waals surface area contributed by atoms with Crippen molar-refractivity contribution < 1.29 is 19.1 Å². The maximum Gasteiger partial charge on any atom is 0.307 e. The standard InChI is InChI=1S/C16H20FNO3/c1-10(11(2)16(20)21)15(19)18(14-7-8-14)9-12-3-5-13(17)6-4-12/h3-6,10-11,14H,7-9H2,1-2H3,(H,20,21). The van der Waals surface area contributed by atoms with Gasteiger partial charge in [-0.2, -0.15) is 0 Å². The molecule has 1 aliphatic rings. The summed E-state index contributed by atoms with van der Waals surface area (Å²) < 4.78 is 12.9. The summed E-state index contributed by atoms with van der Waals surface area (Å²) >= 11 is 0. The fourth-order valence-electron chi connectivity index (χ4n) is 2.25. The van der Waals surface area contributed by atoms with Gasteiger partial charge in [-0.3, -0.25) is 9.59 Å². The first-order chi connectivity index (χ1) is 9.90. The van der Waals surface area contributed by atoms with E-state index in [0.29, 0.717) is 6.54 Å². The van der Waals surface area contributed by atoms with E-state index in [0.717, 1.165) is 18.4 Å².